The topological polar surface area (TPSA) is 137 Å². The Bertz CT molecular complexity index is 1190. The summed E-state index contributed by atoms with van der Waals surface area (Å²) in [5.41, 5.74) is 0.815. The molecule has 164 valence electrons. The third-order valence-corrected chi connectivity index (χ3v) is 5.75. The Balaban J connectivity index is 1.48. The maximum Gasteiger partial charge on any atom is 0.321 e. The van der Waals surface area contributed by atoms with E-state index in [-0.39, 0.29) is 4.90 Å². The number of nitrogens with zero attached hydrogens (tertiary/aromatic N) is 4. The Morgan fingerprint density at radius 1 is 1.19 bits per heavy atom. The lowest BCUT2D eigenvalue weighted by molar-refractivity contribution is -0.146. The second kappa shape index (κ2) is 9.73. The number of rotatable bonds is 9. The quantitative estimate of drug-likeness (QED) is 0.444. The highest BCUT2D eigenvalue weighted by atomic mass is 35.5. The van der Waals surface area contributed by atoms with E-state index in [0.717, 1.165) is 11.8 Å². The van der Waals surface area contributed by atoms with Crippen molar-refractivity contribution in [3.63, 3.8) is 0 Å². The van der Waals surface area contributed by atoms with E-state index < -0.39 is 35.1 Å². The lowest BCUT2D eigenvalue weighted by Crippen LogP contribution is -2.32. The molecule has 0 radical (unpaired) electrons. The van der Waals surface area contributed by atoms with Crippen LogP contribution in [0.25, 0.3) is 0 Å². The molecule has 13 heteroatoms. The summed E-state index contributed by atoms with van der Waals surface area (Å²) in [5, 5.41) is 11.0. The van der Waals surface area contributed by atoms with E-state index in [2.05, 4.69) is 20.2 Å². The Morgan fingerprint density at radius 3 is 2.68 bits per heavy atom. The monoisotopic (exact) mass is 466 g/mol. The van der Waals surface area contributed by atoms with Crippen molar-refractivity contribution in [3.05, 3.63) is 59.5 Å². The van der Waals surface area contributed by atoms with Gasteiger partial charge in [0.2, 0.25) is 10.0 Å². The second-order valence-electron chi connectivity index (χ2n) is 6.35. The van der Waals surface area contributed by atoms with E-state index in [9.17, 15) is 18.0 Å². The number of hydrogen-bond acceptors (Lipinski definition) is 7. The highest BCUT2D eigenvalue weighted by molar-refractivity contribution is 7.89. The fourth-order valence-electron chi connectivity index (χ4n) is 2.50. The summed E-state index contributed by atoms with van der Waals surface area (Å²) < 4.78 is 33.8. The molecule has 0 atom stereocenters. The largest absolute Gasteiger partial charge is 0.455 e. The van der Waals surface area contributed by atoms with E-state index in [1.54, 1.807) is 19.2 Å². The minimum Gasteiger partial charge on any atom is -0.455 e. The molecular formula is C18H19ClN6O5S. The average Bonchev–Trinajstić information content (AvgIpc) is 3.36. The molecule has 0 saturated carbocycles. The number of anilines is 1. The van der Waals surface area contributed by atoms with Gasteiger partial charge in [-0.2, -0.15) is 14.9 Å². The summed E-state index contributed by atoms with van der Waals surface area (Å²) in [6.45, 7) is -0.891. The van der Waals surface area contributed by atoms with Crippen LogP contribution in [0.2, 0.25) is 5.02 Å². The summed E-state index contributed by atoms with van der Waals surface area (Å²) in [6, 6.07) is 8.82. The van der Waals surface area contributed by atoms with Crippen LogP contribution >= 0.6 is 11.6 Å². The molecule has 11 nitrogen and oxygen atoms in total. The predicted octanol–water partition coefficient (Wildman–Crippen LogP) is 0.779. The Morgan fingerprint density at radius 2 is 1.97 bits per heavy atom. The molecule has 0 aliphatic rings. The molecule has 0 fully saturated rings. The summed E-state index contributed by atoms with van der Waals surface area (Å²) in [7, 11) is -2.35. The average molecular weight is 467 g/mol. The first-order chi connectivity index (χ1) is 14.7. The molecule has 0 unspecified atom stereocenters. The first kappa shape index (κ1) is 22.5. The molecule has 3 rings (SSSR count). The maximum atomic E-state index is 12.1. The van der Waals surface area contributed by atoms with Crippen LogP contribution in [0.4, 0.5) is 5.82 Å². The van der Waals surface area contributed by atoms with Gasteiger partial charge in [-0.25, -0.2) is 13.1 Å². The number of carbonyl (C=O) groups excluding carboxylic acids is 2. The van der Waals surface area contributed by atoms with Crippen LogP contribution in [0.3, 0.4) is 0 Å². The lowest BCUT2D eigenvalue weighted by Gasteiger charge is -2.10. The fourth-order valence-corrected chi connectivity index (χ4v) is 3.65. The van der Waals surface area contributed by atoms with Gasteiger partial charge in [0.25, 0.3) is 5.91 Å². The number of nitrogens with one attached hydrogen (secondary N) is 2. The molecule has 31 heavy (non-hydrogen) atoms. The second-order valence-corrected chi connectivity index (χ2v) is 8.52. The third kappa shape index (κ3) is 6.13. The highest BCUT2D eigenvalue weighted by Crippen LogP contribution is 2.18. The maximum absolute atomic E-state index is 12.1. The van der Waals surface area contributed by atoms with Gasteiger partial charge in [-0.3, -0.25) is 14.3 Å². The van der Waals surface area contributed by atoms with Crippen molar-refractivity contribution >= 4 is 39.3 Å². The minimum absolute atomic E-state index is 0.0904. The van der Waals surface area contributed by atoms with Crippen LogP contribution in [0.5, 0.6) is 0 Å². The molecule has 0 bridgehead atoms. The van der Waals surface area contributed by atoms with Crippen molar-refractivity contribution < 1.29 is 22.7 Å². The van der Waals surface area contributed by atoms with E-state index in [1.807, 2.05) is 18.2 Å². The van der Waals surface area contributed by atoms with Crippen molar-refractivity contribution in [2.24, 2.45) is 7.05 Å². The Kier molecular flexibility index (Phi) is 7.05. The predicted molar refractivity (Wildman–Crippen MR) is 111 cm³/mol. The van der Waals surface area contributed by atoms with E-state index in [0.29, 0.717) is 17.4 Å². The zero-order valence-electron chi connectivity index (χ0n) is 16.4. The van der Waals surface area contributed by atoms with Crippen molar-refractivity contribution in [1.82, 2.24) is 24.3 Å². The molecule has 0 spiro atoms. The van der Waals surface area contributed by atoms with E-state index in [1.165, 1.54) is 21.8 Å². The van der Waals surface area contributed by atoms with Crippen LogP contribution in [-0.2, 0) is 37.9 Å². The number of halogens is 1. The van der Waals surface area contributed by atoms with Gasteiger partial charge in [0, 0.05) is 24.3 Å². The van der Waals surface area contributed by atoms with Gasteiger partial charge in [-0.1, -0.05) is 29.8 Å². The number of sulfonamides is 1. The van der Waals surface area contributed by atoms with Crippen LogP contribution in [0.1, 0.15) is 5.56 Å². The van der Waals surface area contributed by atoms with Gasteiger partial charge in [0.15, 0.2) is 6.61 Å². The number of amides is 1. The lowest BCUT2D eigenvalue weighted by atomic mass is 10.2. The molecule has 0 aliphatic carbocycles. The first-order valence-corrected chi connectivity index (χ1v) is 10.8. The van der Waals surface area contributed by atoms with Crippen LogP contribution in [0, 0.1) is 0 Å². The molecule has 2 aromatic heterocycles. The Labute approximate surface area is 183 Å². The van der Waals surface area contributed by atoms with Gasteiger partial charge in [-0.05, 0) is 11.6 Å². The molecule has 3 aromatic rings. The van der Waals surface area contributed by atoms with Crippen LogP contribution < -0.4 is 10.0 Å². The number of hydrogen-bond donors (Lipinski definition) is 2. The molecule has 2 N–H and O–H groups in total. The number of aryl methyl sites for hydroxylation is 1. The number of benzene rings is 1. The van der Waals surface area contributed by atoms with Gasteiger partial charge in [0.1, 0.15) is 17.3 Å². The third-order valence-electron chi connectivity index (χ3n) is 4.02. The summed E-state index contributed by atoms with van der Waals surface area (Å²) in [6.07, 6.45) is 3.94. The fraction of sp³-hybridized carbons (Fsp3) is 0.222. The molecular weight excluding hydrogens is 448 g/mol. The van der Waals surface area contributed by atoms with Gasteiger partial charge in [0.05, 0.1) is 18.9 Å². The number of carbonyl (C=O) groups is 2. The SMILES string of the molecule is Cn1cc(S(=O)(=O)NCC(=O)OCC(=O)Nc2ccnn2Cc2ccccc2Cl)cn1. The molecule has 1 aromatic carbocycles. The normalized spacial score (nSPS) is 11.3. The number of ether oxygens (including phenoxy) is 1. The van der Waals surface area contributed by atoms with Gasteiger partial charge < -0.3 is 10.1 Å². The van der Waals surface area contributed by atoms with Crippen LogP contribution in [0.15, 0.2) is 53.8 Å². The van der Waals surface area contributed by atoms with E-state index in [4.69, 9.17) is 16.3 Å². The van der Waals surface area contributed by atoms with Crippen LogP contribution in [-0.4, -0.2) is 53.0 Å². The molecule has 1 amide bonds. The van der Waals surface area contributed by atoms with Crippen molar-refractivity contribution in [1.29, 1.82) is 0 Å². The number of esters is 1. The van der Waals surface area contributed by atoms with Gasteiger partial charge in [-0.15, -0.1) is 0 Å². The molecule has 2 heterocycles. The van der Waals surface area contributed by atoms with E-state index >= 15 is 0 Å². The summed E-state index contributed by atoms with van der Waals surface area (Å²) in [5.74, 6) is -1.13. The highest BCUT2D eigenvalue weighted by Gasteiger charge is 2.18. The van der Waals surface area contributed by atoms with Crippen molar-refractivity contribution in [2.75, 3.05) is 18.5 Å². The standard InChI is InChI=1S/C18H19ClN6O5S/c1-24-11-14(8-21-24)31(28,29)22-9-18(27)30-12-17(26)23-16-6-7-20-25(16)10-13-4-2-3-5-15(13)19/h2-8,11,22H,9-10,12H2,1H3,(H,23,26). The minimum atomic E-state index is -3.91. The van der Waals surface area contributed by atoms with Crippen molar-refractivity contribution in [3.8, 4) is 0 Å². The molecule has 0 saturated heterocycles. The Hall–Kier alpha value is -3.22. The number of aromatic nitrogens is 4. The van der Waals surface area contributed by atoms with Crippen molar-refractivity contribution in [2.45, 2.75) is 11.4 Å². The van der Waals surface area contributed by atoms with Gasteiger partial charge >= 0.3 is 5.97 Å². The zero-order valence-corrected chi connectivity index (χ0v) is 17.9. The summed E-state index contributed by atoms with van der Waals surface area (Å²) >= 11 is 6.15. The molecule has 0 aliphatic heterocycles. The zero-order chi connectivity index (χ0) is 22.4. The first-order valence-electron chi connectivity index (χ1n) is 8.93. The smallest absolute Gasteiger partial charge is 0.321 e. The summed E-state index contributed by atoms with van der Waals surface area (Å²) in [4.78, 5) is 23.8.